The van der Waals surface area contributed by atoms with Crippen molar-refractivity contribution in [2.45, 2.75) is 0 Å². The van der Waals surface area contributed by atoms with E-state index in [2.05, 4.69) is 181 Å². The van der Waals surface area contributed by atoms with Crippen molar-refractivity contribution in [3.8, 4) is 22.3 Å². The van der Waals surface area contributed by atoms with Gasteiger partial charge in [0.2, 0.25) is 0 Å². The first-order chi connectivity index (χ1) is 24.3. The van der Waals surface area contributed by atoms with Crippen LogP contribution in [0.4, 0.5) is 17.1 Å². The van der Waals surface area contributed by atoms with Gasteiger partial charge in [0, 0.05) is 57.4 Å². The second kappa shape index (κ2) is 11.5. The van der Waals surface area contributed by atoms with Crippen LogP contribution in [0, 0.1) is 0 Å². The Hall–Kier alpha value is -5.74. The highest BCUT2D eigenvalue weighted by Gasteiger charge is 2.17. The van der Waals surface area contributed by atoms with Gasteiger partial charge in [-0.05, 0) is 87.6 Å². The number of fused-ring (bicyclic) bond motifs is 7. The molecule has 0 aliphatic rings. The van der Waals surface area contributed by atoms with E-state index in [4.69, 9.17) is 0 Å². The standard InChI is InChI=1S/C46H29NS2/c1-2-14-36-30(10-1)11-8-17-37(36)31-22-24-33(25-23-31)47(35-26-27-40-39-15-3-5-19-42(39)49-45(40)29-35)34-13-7-12-32(28-34)38-18-9-21-44-46(38)41-16-4-6-20-43(41)48-44/h1-29H. The van der Waals surface area contributed by atoms with Crippen LogP contribution in [0.1, 0.15) is 0 Å². The molecular formula is C46H29NS2. The molecule has 0 saturated carbocycles. The average molecular weight is 660 g/mol. The van der Waals surface area contributed by atoms with E-state index in [-0.39, 0.29) is 0 Å². The first kappa shape index (κ1) is 28.3. The van der Waals surface area contributed by atoms with Crippen molar-refractivity contribution in [1.29, 1.82) is 0 Å². The highest BCUT2D eigenvalue weighted by atomic mass is 32.1. The zero-order valence-electron chi connectivity index (χ0n) is 26.5. The Bertz CT molecular complexity index is 2830. The second-order valence-corrected chi connectivity index (χ2v) is 14.7. The van der Waals surface area contributed by atoms with Gasteiger partial charge in [-0.3, -0.25) is 0 Å². The van der Waals surface area contributed by atoms with E-state index in [0.29, 0.717) is 0 Å². The third kappa shape index (κ3) is 4.74. The van der Waals surface area contributed by atoms with Crippen LogP contribution in [-0.4, -0.2) is 0 Å². The van der Waals surface area contributed by atoms with Crippen LogP contribution in [0.15, 0.2) is 176 Å². The molecule has 2 heterocycles. The molecular weight excluding hydrogens is 631 g/mol. The Morgan fingerprint density at radius 1 is 0.327 bits per heavy atom. The minimum Gasteiger partial charge on any atom is -0.310 e. The van der Waals surface area contributed by atoms with Gasteiger partial charge in [-0.15, -0.1) is 22.7 Å². The van der Waals surface area contributed by atoms with Crippen molar-refractivity contribution in [2.75, 3.05) is 4.90 Å². The fraction of sp³-hybridized carbons (Fsp3) is 0. The van der Waals surface area contributed by atoms with Gasteiger partial charge in [0.15, 0.2) is 0 Å². The van der Waals surface area contributed by atoms with Gasteiger partial charge in [0.05, 0.1) is 0 Å². The van der Waals surface area contributed by atoms with Gasteiger partial charge in [-0.25, -0.2) is 0 Å². The lowest BCUT2D eigenvalue weighted by Gasteiger charge is -2.26. The lowest BCUT2D eigenvalue weighted by molar-refractivity contribution is 1.29. The molecule has 49 heavy (non-hydrogen) atoms. The zero-order valence-corrected chi connectivity index (χ0v) is 28.1. The van der Waals surface area contributed by atoms with E-state index in [0.717, 1.165) is 17.1 Å². The Labute approximate surface area is 292 Å². The number of hydrogen-bond donors (Lipinski definition) is 0. The topological polar surface area (TPSA) is 3.24 Å². The zero-order chi connectivity index (χ0) is 32.3. The quantitative estimate of drug-likeness (QED) is 0.178. The summed E-state index contributed by atoms with van der Waals surface area (Å²) in [6, 6.07) is 64.5. The van der Waals surface area contributed by atoms with Gasteiger partial charge in [0.1, 0.15) is 0 Å². The molecule has 0 atom stereocenters. The Morgan fingerprint density at radius 3 is 1.80 bits per heavy atom. The molecule has 0 bridgehead atoms. The van der Waals surface area contributed by atoms with Gasteiger partial charge in [-0.2, -0.15) is 0 Å². The second-order valence-electron chi connectivity index (χ2n) is 12.5. The summed E-state index contributed by atoms with van der Waals surface area (Å²) in [5, 5.41) is 7.80. The van der Waals surface area contributed by atoms with E-state index in [9.17, 15) is 0 Å². The highest BCUT2D eigenvalue weighted by Crippen LogP contribution is 2.44. The molecule has 3 heteroatoms. The number of benzene rings is 8. The highest BCUT2D eigenvalue weighted by molar-refractivity contribution is 7.26. The third-order valence-corrected chi connectivity index (χ3v) is 11.9. The maximum Gasteiger partial charge on any atom is 0.0476 e. The average Bonchev–Trinajstić information content (AvgIpc) is 3.73. The van der Waals surface area contributed by atoms with Crippen LogP contribution in [0.2, 0.25) is 0 Å². The lowest BCUT2D eigenvalue weighted by Crippen LogP contribution is -2.10. The van der Waals surface area contributed by atoms with Gasteiger partial charge < -0.3 is 4.90 Å². The van der Waals surface area contributed by atoms with Crippen LogP contribution < -0.4 is 4.90 Å². The number of rotatable bonds is 5. The van der Waals surface area contributed by atoms with Gasteiger partial charge in [-0.1, -0.05) is 121 Å². The van der Waals surface area contributed by atoms with Crippen molar-refractivity contribution in [2.24, 2.45) is 0 Å². The summed E-state index contributed by atoms with van der Waals surface area (Å²) < 4.78 is 5.26. The van der Waals surface area contributed by atoms with E-state index < -0.39 is 0 Å². The van der Waals surface area contributed by atoms with Crippen molar-refractivity contribution >= 4 is 90.9 Å². The minimum atomic E-state index is 1.13. The fourth-order valence-electron chi connectivity index (χ4n) is 7.40. The summed E-state index contributed by atoms with van der Waals surface area (Å²) in [5.41, 5.74) is 8.35. The van der Waals surface area contributed by atoms with Crippen molar-refractivity contribution in [3.63, 3.8) is 0 Å². The Balaban J connectivity index is 1.14. The summed E-state index contributed by atoms with van der Waals surface area (Å²) in [5.74, 6) is 0. The Morgan fingerprint density at radius 2 is 0.918 bits per heavy atom. The predicted molar refractivity (Wildman–Crippen MR) is 215 cm³/mol. The largest absolute Gasteiger partial charge is 0.310 e. The van der Waals surface area contributed by atoms with E-state index in [1.54, 1.807) is 0 Å². The third-order valence-electron chi connectivity index (χ3n) is 9.66. The molecule has 0 N–H and O–H groups in total. The van der Waals surface area contributed by atoms with Crippen LogP contribution in [0.25, 0.3) is 73.4 Å². The monoisotopic (exact) mass is 659 g/mol. The van der Waals surface area contributed by atoms with Gasteiger partial charge in [0.25, 0.3) is 0 Å². The molecule has 0 spiro atoms. The smallest absolute Gasteiger partial charge is 0.0476 e. The predicted octanol–water partition coefficient (Wildman–Crippen LogP) is 14.4. The molecule has 0 saturated heterocycles. The molecule has 0 fully saturated rings. The van der Waals surface area contributed by atoms with Crippen LogP contribution in [0.3, 0.4) is 0 Å². The molecule has 10 aromatic rings. The summed E-state index contributed by atoms with van der Waals surface area (Å²) >= 11 is 3.73. The number of hydrogen-bond acceptors (Lipinski definition) is 3. The SMILES string of the molecule is c1cc(-c2cccc3sc4ccccc4c23)cc(N(c2ccc(-c3cccc4ccccc34)cc2)c2ccc3c(c2)sc2ccccc23)c1. The molecule has 8 aromatic carbocycles. The maximum atomic E-state index is 2.41. The molecule has 1 nitrogen and oxygen atoms in total. The minimum absolute atomic E-state index is 1.13. The molecule has 0 aliphatic carbocycles. The summed E-state index contributed by atoms with van der Waals surface area (Å²) in [6.07, 6.45) is 0. The summed E-state index contributed by atoms with van der Waals surface area (Å²) in [4.78, 5) is 2.41. The summed E-state index contributed by atoms with van der Waals surface area (Å²) in [7, 11) is 0. The van der Waals surface area contributed by atoms with Crippen LogP contribution >= 0.6 is 22.7 Å². The molecule has 230 valence electrons. The van der Waals surface area contributed by atoms with Crippen molar-refractivity contribution in [1.82, 2.24) is 0 Å². The van der Waals surface area contributed by atoms with Gasteiger partial charge >= 0.3 is 0 Å². The molecule has 0 amide bonds. The van der Waals surface area contributed by atoms with E-state index in [1.807, 2.05) is 22.7 Å². The number of anilines is 3. The maximum absolute atomic E-state index is 2.41. The van der Waals surface area contributed by atoms with Crippen LogP contribution in [-0.2, 0) is 0 Å². The molecule has 0 radical (unpaired) electrons. The van der Waals surface area contributed by atoms with Crippen molar-refractivity contribution < 1.29 is 0 Å². The first-order valence-corrected chi connectivity index (χ1v) is 18.2. The normalized spacial score (nSPS) is 11.7. The van der Waals surface area contributed by atoms with E-state index >= 15 is 0 Å². The van der Waals surface area contributed by atoms with E-state index in [1.165, 1.54) is 73.4 Å². The molecule has 0 aliphatic heterocycles. The van der Waals surface area contributed by atoms with Crippen LogP contribution in [0.5, 0.6) is 0 Å². The molecule has 2 aromatic heterocycles. The van der Waals surface area contributed by atoms with Crippen molar-refractivity contribution in [3.05, 3.63) is 176 Å². The number of thiophene rings is 2. The molecule has 10 rings (SSSR count). The first-order valence-electron chi connectivity index (χ1n) is 16.6. The Kier molecular flexibility index (Phi) is 6.61. The fourth-order valence-corrected chi connectivity index (χ4v) is 9.67. The number of nitrogens with zero attached hydrogens (tertiary/aromatic N) is 1. The molecule has 0 unspecified atom stereocenters. The summed E-state index contributed by atoms with van der Waals surface area (Å²) in [6.45, 7) is 0. The lowest BCUT2D eigenvalue weighted by atomic mass is 9.97.